The van der Waals surface area contributed by atoms with E-state index in [-0.39, 0.29) is 29.8 Å². The molecule has 182 valence electrons. The van der Waals surface area contributed by atoms with Gasteiger partial charge in [0.25, 0.3) is 0 Å². The summed E-state index contributed by atoms with van der Waals surface area (Å²) in [6.07, 6.45) is 1.02. The average molecular weight is 571 g/mol. The van der Waals surface area contributed by atoms with Crippen LogP contribution in [0.2, 0.25) is 0 Å². The second-order valence-corrected chi connectivity index (χ2v) is 8.19. The second kappa shape index (κ2) is 12.8. The van der Waals surface area contributed by atoms with E-state index in [2.05, 4.69) is 20.5 Å². The number of methoxy groups -OCH3 is 2. The highest BCUT2D eigenvalue weighted by molar-refractivity contribution is 14.0. The number of hydrogen-bond acceptors (Lipinski definition) is 5. The number of guanidine groups is 1. The molecule has 0 amide bonds. The van der Waals surface area contributed by atoms with Gasteiger partial charge in [-0.15, -0.1) is 24.0 Å². The minimum atomic E-state index is -0.224. The standard InChI is InChI=1S/C24H34FN5O2.HI/c1-26-24(27-14-17-6-7-23(29(2)3)22(25)12-17)28-19-8-9-30(16-19)15-18-10-20(31-4)13-21(11-18)32-5;/h6-7,10-13,19H,8-9,14-16H2,1-5H3,(H2,26,27,28);1H. The molecule has 1 aliphatic rings. The van der Waals surface area contributed by atoms with Gasteiger partial charge in [-0.05, 0) is 41.8 Å². The van der Waals surface area contributed by atoms with Crippen molar-refractivity contribution in [2.75, 3.05) is 53.4 Å². The van der Waals surface area contributed by atoms with E-state index in [0.29, 0.717) is 18.3 Å². The number of halogens is 2. The Hall–Kier alpha value is -2.27. The SMILES string of the molecule is CN=C(NCc1ccc(N(C)C)c(F)c1)NC1CCN(Cc2cc(OC)cc(OC)c2)C1.I. The molecule has 2 aromatic rings. The van der Waals surface area contributed by atoms with Crippen molar-refractivity contribution >= 4 is 35.6 Å². The van der Waals surface area contributed by atoms with Crippen molar-refractivity contribution in [2.45, 2.75) is 25.6 Å². The minimum absolute atomic E-state index is 0. The van der Waals surface area contributed by atoms with Gasteiger partial charge in [0.05, 0.1) is 19.9 Å². The Morgan fingerprint density at radius 1 is 1.12 bits per heavy atom. The van der Waals surface area contributed by atoms with Crippen molar-refractivity contribution in [3.05, 3.63) is 53.3 Å². The molecule has 0 saturated carbocycles. The van der Waals surface area contributed by atoms with Crippen LogP contribution in [0.5, 0.6) is 11.5 Å². The van der Waals surface area contributed by atoms with E-state index in [0.717, 1.165) is 54.6 Å². The Balaban J connectivity index is 0.00000385. The van der Waals surface area contributed by atoms with Gasteiger partial charge in [-0.3, -0.25) is 9.89 Å². The van der Waals surface area contributed by atoms with E-state index >= 15 is 0 Å². The van der Waals surface area contributed by atoms with E-state index < -0.39 is 0 Å². The van der Waals surface area contributed by atoms with Gasteiger partial charge >= 0.3 is 0 Å². The summed E-state index contributed by atoms with van der Waals surface area (Å²) in [5.41, 5.74) is 2.61. The summed E-state index contributed by atoms with van der Waals surface area (Å²) in [5.74, 6) is 2.09. The zero-order valence-corrected chi connectivity index (χ0v) is 22.4. The van der Waals surface area contributed by atoms with Gasteiger partial charge in [-0.2, -0.15) is 0 Å². The number of likely N-dealkylation sites (tertiary alicyclic amines) is 1. The van der Waals surface area contributed by atoms with Gasteiger partial charge in [-0.1, -0.05) is 6.07 Å². The summed E-state index contributed by atoms with van der Waals surface area (Å²) in [5, 5.41) is 6.78. The molecule has 0 radical (unpaired) electrons. The van der Waals surface area contributed by atoms with Crippen molar-refractivity contribution < 1.29 is 13.9 Å². The zero-order valence-electron chi connectivity index (χ0n) is 20.0. The predicted molar refractivity (Wildman–Crippen MR) is 143 cm³/mol. The van der Waals surface area contributed by atoms with Crippen LogP contribution in [-0.2, 0) is 13.1 Å². The number of nitrogens with zero attached hydrogens (tertiary/aromatic N) is 3. The van der Waals surface area contributed by atoms with Crippen LogP contribution in [0.15, 0.2) is 41.4 Å². The molecule has 0 spiro atoms. The number of benzene rings is 2. The zero-order chi connectivity index (χ0) is 23.1. The Bertz CT molecular complexity index is 919. The van der Waals surface area contributed by atoms with E-state index in [4.69, 9.17) is 9.47 Å². The van der Waals surface area contributed by atoms with Crippen molar-refractivity contribution in [1.29, 1.82) is 0 Å². The van der Waals surface area contributed by atoms with E-state index in [1.807, 2.05) is 38.4 Å². The fourth-order valence-electron chi connectivity index (χ4n) is 3.91. The summed E-state index contributed by atoms with van der Waals surface area (Å²) >= 11 is 0. The van der Waals surface area contributed by atoms with Gasteiger partial charge < -0.3 is 25.0 Å². The van der Waals surface area contributed by atoms with Crippen molar-refractivity contribution in [2.24, 2.45) is 4.99 Å². The number of nitrogens with one attached hydrogen (secondary N) is 2. The molecule has 1 fully saturated rings. The third kappa shape index (κ3) is 7.63. The van der Waals surface area contributed by atoms with E-state index in [1.54, 1.807) is 38.3 Å². The third-order valence-electron chi connectivity index (χ3n) is 5.61. The summed E-state index contributed by atoms with van der Waals surface area (Å²) in [7, 11) is 8.74. The maximum atomic E-state index is 14.2. The molecule has 0 bridgehead atoms. The van der Waals surface area contributed by atoms with Crippen LogP contribution in [0.3, 0.4) is 0 Å². The first-order valence-corrected chi connectivity index (χ1v) is 10.8. The molecule has 9 heteroatoms. The molecule has 1 aliphatic heterocycles. The normalized spacial score (nSPS) is 16.2. The molecule has 2 N–H and O–H groups in total. The van der Waals surface area contributed by atoms with Crippen LogP contribution < -0.4 is 25.0 Å². The minimum Gasteiger partial charge on any atom is -0.497 e. The van der Waals surface area contributed by atoms with Crippen LogP contribution in [0, 0.1) is 5.82 Å². The second-order valence-electron chi connectivity index (χ2n) is 8.19. The van der Waals surface area contributed by atoms with Crippen LogP contribution in [0.25, 0.3) is 0 Å². The summed E-state index contributed by atoms with van der Waals surface area (Å²) in [4.78, 5) is 8.49. The van der Waals surface area contributed by atoms with Gasteiger partial charge in [0.2, 0.25) is 0 Å². The Morgan fingerprint density at radius 3 is 2.39 bits per heavy atom. The summed E-state index contributed by atoms with van der Waals surface area (Å²) < 4.78 is 25.0. The van der Waals surface area contributed by atoms with Gasteiger partial charge in [-0.25, -0.2) is 4.39 Å². The fraction of sp³-hybridized carbons (Fsp3) is 0.458. The first-order valence-electron chi connectivity index (χ1n) is 10.8. The topological polar surface area (TPSA) is 61.4 Å². The molecule has 1 unspecified atom stereocenters. The van der Waals surface area contributed by atoms with E-state index in [1.165, 1.54) is 0 Å². The highest BCUT2D eigenvalue weighted by Gasteiger charge is 2.23. The Morgan fingerprint density at radius 2 is 1.82 bits per heavy atom. The largest absolute Gasteiger partial charge is 0.497 e. The van der Waals surface area contributed by atoms with Crippen molar-refractivity contribution in [3.8, 4) is 11.5 Å². The molecule has 0 aliphatic carbocycles. The highest BCUT2D eigenvalue weighted by atomic mass is 127. The third-order valence-corrected chi connectivity index (χ3v) is 5.61. The monoisotopic (exact) mass is 571 g/mol. The van der Waals surface area contributed by atoms with Crippen molar-refractivity contribution in [1.82, 2.24) is 15.5 Å². The van der Waals surface area contributed by atoms with Crippen LogP contribution in [0.4, 0.5) is 10.1 Å². The van der Waals surface area contributed by atoms with Gasteiger partial charge in [0, 0.05) is 59.4 Å². The molecule has 33 heavy (non-hydrogen) atoms. The lowest BCUT2D eigenvalue weighted by atomic mass is 10.2. The first kappa shape index (κ1) is 27.0. The van der Waals surface area contributed by atoms with Gasteiger partial charge in [0.1, 0.15) is 17.3 Å². The molecule has 0 aromatic heterocycles. The lowest BCUT2D eigenvalue weighted by Crippen LogP contribution is -2.44. The smallest absolute Gasteiger partial charge is 0.191 e. The molecule has 1 atom stereocenters. The van der Waals surface area contributed by atoms with Gasteiger partial charge in [0.15, 0.2) is 5.96 Å². The number of rotatable bonds is 8. The van der Waals surface area contributed by atoms with Crippen LogP contribution >= 0.6 is 24.0 Å². The average Bonchev–Trinajstić information content (AvgIpc) is 3.22. The molecule has 7 nitrogen and oxygen atoms in total. The molecule has 2 aromatic carbocycles. The predicted octanol–water partition coefficient (Wildman–Crippen LogP) is 3.47. The molecule has 1 saturated heterocycles. The lowest BCUT2D eigenvalue weighted by molar-refractivity contribution is 0.321. The van der Waals surface area contributed by atoms with E-state index in [9.17, 15) is 4.39 Å². The summed E-state index contributed by atoms with van der Waals surface area (Å²) in [6.45, 7) is 3.23. The molecule has 3 rings (SSSR count). The fourth-order valence-corrected chi connectivity index (χ4v) is 3.91. The lowest BCUT2D eigenvalue weighted by Gasteiger charge is -2.20. The number of anilines is 1. The summed E-state index contributed by atoms with van der Waals surface area (Å²) in [6, 6.07) is 11.6. The molecular weight excluding hydrogens is 536 g/mol. The highest BCUT2D eigenvalue weighted by Crippen LogP contribution is 2.24. The van der Waals surface area contributed by atoms with Crippen LogP contribution in [0.1, 0.15) is 17.5 Å². The Kier molecular flexibility index (Phi) is 10.5. The molecule has 1 heterocycles. The Labute approximate surface area is 213 Å². The first-order chi connectivity index (χ1) is 15.4. The number of hydrogen-bond donors (Lipinski definition) is 2. The van der Waals surface area contributed by atoms with Crippen LogP contribution in [-0.4, -0.2) is 65.4 Å². The number of aliphatic imine (C=N–C) groups is 1. The van der Waals surface area contributed by atoms with Crippen molar-refractivity contribution in [3.63, 3.8) is 0 Å². The quantitative estimate of drug-likeness (QED) is 0.288. The maximum Gasteiger partial charge on any atom is 0.191 e. The maximum absolute atomic E-state index is 14.2. The molecular formula is C24H35FIN5O2. The number of ether oxygens (including phenoxy) is 2.